The summed E-state index contributed by atoms with van der Waals surface area (Å²) in [5, 5.41) is 0. The lowest BCUT2D eigenvalue weighted by atomic mass is 9.78. The highest BCUT2D eigenvalue weighted by molar-refractivity contribution is 5.02. The van der Waals surface area contributed by atoms with E-state index in [2.05, 4.69) is 21.8 Å². The molecule has 1 saturated carbocycles. The SMILES string of the molecule is Cc1cc(=O)[nH]c(CN2CC(C)OC3(CCC3)C2)n1. The molecule has 1 N–H and O–H groups in total. The number of aromatic amines is 1. The molecule has 1 saturated heterocycles. The fraction of sp³-hybridized carbons (Fsp3) is 0.714. The summed E-state index contributed by atoms with van der Waals surface area (Å²) in [7, 11) is 0. The third-order valence-corrected chi connectivity index (χ3v) is 4.04. The Hall–Kier alpha value is -1.20. The molecule has 5 heteroatoms. The normalized spacial score (nSPS) is 26.3. The molecule has 3 rings (SSSR count). The van der Waals surface area contributed by atoms with E-state index in [4.69, 9.17) is 4.74 Å². The van der Waals surface area contributed by atoms with Gasteiger partial charge in [0.25, 0.3) is 5.56 Å². The molecule has 2 heterocycles. The van der Waals surface area contributed by atoms with Gasteiger partial charge in [-0.3, -0.25) is 9.69 Å². The second kappa shape index (κ2) is 4.72. The molecule has 5 nitrogen and oxygen atoms in total. The van der Waals surface area contributed by atoms with Crippen LogP contribution in [0.25, 0.3) is 0 Å². The summed E-state index contributed by atoms with van der Waals surface area (Å²) in [6, 6.07) is 1.53. The molecule has 2 aliphatic rings. The first-order valence-electron chi connectivity index (χ1n) is 7.02. The van der Waals surface area contributed by atoms with Crippen LogP contribution in [-0.2, 0) is 11.3 Å². The number of ether oxygens (including phenoxy) is 1. The van der Waals surface area contributed by atoms with E-state index in [0.29, 0.717) is 6.54 Å². The topological polar surface area (TPSA) is 58.2 Å². The van der Waals surface area contributed by atoms with Crippen LogP contribution in [0.5, 0.6) is 0 Å². The molecule has 1 aromatic rings. The van der Waals surface area contributed by atoms with Gasteiger partial charge in [-0.25, -0.2) is 4.98 Å². The summed E-state index contributed by atoms with van der Waals surface area (Å²) in [4.78, 5) is 21.1. The second-order valence-electron chi connectivity index (χ2n) is 5.97. The monoisotopic (exact) mass is 263 g/mol. The number of rotatable bonds is 2. The summed E-state index contributed by atoms with van der Waals surface area (Å²) in [5.41, 5.74) is 0.780. The van der Waals surface area contributed by atoms with Crippen LogP contribution in [0.15, 0.2) is 10.9 Å². The predicted octanol–water partition coefficient (Wildman–Crippen LogP) is 1.22. The number of nitrogens with zero attached hydrogens (tertiary/aromatic N) is 2. The quantitative estimate of drug-likeness (QED) is 0.871. The van der Waals surface area contributed by atoms with Crippen LogP contribution in [0.2, 0.25) is 0 Å². The van der Waals surface area contributed by atoms with Crippen molar-refractivity contribution in [1.29, 1.82) is 0 Å². The van der Waals surface area contributed by atoms with Crippen LogP contribution in [0, 0.1) is 6.92 Å². The van der Waals surface area contributed by atoms with Crippen LogP contribution in [0.3, 0.4) is 0 Å². The zero-order valence-corrected chi connectivity index (χ0v) is 11.6. The van der Waals surface area contributed by atoms with E-state index in [0.717, 1.165) is 37.4 Å². The van der Waals surface area contributed by atoms with E-state index < -0.39 is 0 Å². The van der Waals surface area contributed by atoms with Gasteiger partial charge in [0.1, 0.15) is 5.82 Å². The minimum Gasteiger partial charge on any atom is -0.369 e. The van der Waals surface area contributed by atoms with E-state index >= 15 is 0 Å². The molecule has 1 aliphatic heterocycles. The standard InChI is InChI=1S/C14H21N3O2/c1-10-6-13(18)16-12(15-10)8-17-7-11(2)19-14(9-17)4-3-5-14/h6,11H,3-5,7-9H2,1-2H3,(H,15,16,18). The van der Waals surface area contributed by atoms with Crippen LogP contribution in [0.4, 0.5) is 0 Å². The third kappa shape index (κ3) is 2.72. The van der Waals surface area contributed by atoms with Gasteiger partial charge in [0.2, 0.25) is 0 Å². The van der Waals surface area contributed by atoms with Crippen molar-refractivity contribution in [2.24, 2.45) is 0 Å². The Balaban J connectivity index is 1.73. The highest BCUT2D eigenvalue weighted by atomic mass is 16.5. The molecule has 1 spiro atoms. The second-order valence-corrected chi connectivity index (χ2v) is 5.97. The Bertz CT molecular complexity index is 522. The molecule has 19 heavy (non-hydrogen) atoms. The highest BCUT2D eigenvalue weighted by Crippen LogP contribution is 2.39. The first kappa shape index (κ1) is 12.8. The summed E-state index contributed by atoms with van der Waals surface area (Å²) in [5.74, 6) is 0.758. The molecule has 104 valence electrons. The van der Waals surface area contributed by atoms with Crippen molar-refractivity contribution in [2.75, 3.05) is 13.1 Å². The van der Waals surface area contributed by atoms with Crippen LogP contribution in [0.1, 0.15) is 37.7 Å². The lowest BCUT2D eigenvalue weighted by Gasteiger charge is -2.50. The fourth-order valence-corrected chi connectivity index (χ4v) is 3.23. The minimum atomic E-state index is -0.0674. The lowest BCUT2D eigenvalue weighted by molar-refractivity contribution is -0.186. The maximum atomic E-state index is 11.5. The van der Waals surface area contributed by atoms with Gasteiger partial charge >= 0.3 is 0 Å². The van der Waals surface area contributed by atoms with Gasteiger partial charge in [0, 0.05) is 24.8 Å². The molecule has 0 amide bonds. The smallest absolute Gasteiger partial charge is 0.251 e. The Morgan fingerprint density at radius 3 is 3.00 bits per heavy atom. The summed E-state index contributed by atoms with van der Waals surface area (Å²) >= 11 is 0. The molecule has 1 atom stereocenters. The summed E-state index contributed by atoms with van der Waals surface area (Å²) in [6.45, 7) is 6.54. The van der Waals surface area contributed by atoms with Gasteiger partial charge in [-0.15, -0.1) is 0 Å². The number of hydrogen-bond donors (Lipinski definition) is 1. The van der Waals surface area contributed by atoms with E-state index in [1.807, 2.05) is 6.92 Å². The van der Waals surface area contributed by atoms with E-state index in [-0.39, 0.29) is 17.3 Å². The molecular formula is C14H21N3O2. The molecule has 1 unspecified atom stereocenters. The summed E-state index contributed by atoms with van der Waals surface area (Å²) < 4.78 is 6.09. The van der Waals surface area contributed by atoms with Crippen LogP contribution in [-0.4, -0.2) is 39.7 Å². The molecule has 0 aromatic carbocycles. The van der Waals surface area contributed by atoms with Crippen molar-refractivity contribution < 1.29 is 4.74 Å². The van der Waals surface area contributed by atoms with Crippen molar-refractivity contribution in [1.82, 2.24) is 14.9 Å². The van der Waals surface area contributed by atoms with Crippen molar-refractivity contribution in [2.45, 2.75) is 51.4 Å². The van der Waals surface area contributed by atoms with Crippen molar-refractivity contribution >= 4 is 0 Å². The van der Waals surface area contributed by atoms with E-state index in [1.54, 1.807) is 0 Å². The largest absolute Gasteiger partial charge is 0.369 e. The van der Waals surface area contributed by atoms with E-state index in [9.17, 15) is 4.79 Å². The van der Waals surface area contributed by atoms with Gasteiger partial charge in [0.05, 0.1) is 18.2 Å². The molecule has 1 aromatic heterocycles. The first-order chi connectivity index (χ1) is 9.05. The lowest BCUT2D eigenvalue weighted by Crippen LogP contribution is -2.58. The Morgan fingerprint density at radius 2 is 2.37 bits per heavy atom. The number of aryl methyl sites for hydroxylation is 1. The van der Waals surface area contributed by atoms with Gasteiger partial charge in [0.15, 0.2) is 0 Å². The van der Waals surface area contributed by atoms with Crippen LogP contribution >= 0.6 is 0 Å². The molecule has 1 aliphatic carbocycles. The number of morpholine rings is 1. The Labute approximate surface area is 113 Å². The average molecular weight is 263 g/mol. The average Bonchev–Trinajstić information content (AvgIpc) is 2.24. The van der Waals surface area contributed by atoms with Crippen molar-refractivity contribution in [3.05, 3.63) is 27.9 Å². The van der Waals surface area contributed by atoms with Crippen LogP contribution < -0.4 is 5.56 Å². The van der Waals surface area contributed by atoms with Gasteiger partial charge in [-0.2, -0.15) is 0 Å². The Kier molecular flexibility index (Phi) is 3.19. The zero-order valence-electron chi connectivity index (χ0n) is 11.6. The number of hydrogen-bond acceptors (Lipinski definition) is 4. The number of H-pyrrole nitrogens is 1. The number of aromatic nitrogens is 2. The predicted molar refractivity (Wildman–Crippen MR) is 72.0 cm³/mol. The first-order valence-corrected chi connectivity index (χ1v) is 7.02. The molecule has 2 fully saturated rings. The minimum absolute atomic E-state index is 0.0674. The maximum absolute atomic E-state index is 11.5. The van der Waals surface area contributed by atoms with Crippen molar-refractivity contribution in [3.8, 4) is 0 Å². The molecular weight excluding hydrogens is 242 g/mol. The summed E-state index contributed by atoms with van der Waals surface area (Å²) in [6.07, 6.45) is 3.84. The van der Waals surface area contributed by atoms with Gasteiger partial charge < -0.3 is 9.72 Å². The third-order valence-electron chi connectivity index (χ3n) is 4.04. The van der Waals surface area contributed by atoms with Gasteiger partial charge in [-0.1, -0.05) is 0 Å². The maximum Gasteiger partial charge on any atom is 0.251 e. The molecule has 0 bridgehead atoms. The van der Waals surface area contributed by atoms with Crippen molar-refractivity contribution in [3.63, 3.8) is 0 Å². The zero-order chi connectivity index (χ0) is 13.5. The fourth-order valence-electron chi connectivity index (χ4n) is 3.23. The Morgan fingerprint density at radius 1 is 1.58 bits per heavy atom. The van der Waals surface area contributed by atoms with E-state index in [1.165, 1.54) is 12.5 Å². The molecule has 0 radical (unpaired) electrons. The highest BCUT2D eigenvalue weighted by Gasteiger charge is 2.44. The number of nitrogens with one attached hydrogen (secondary N) is 1. The van der Waals surface area contributed by atoms with Gasteiger partial charge in [-0.05, 0) is 33.1 Å².